The molecule has 1 saturated heterocycles. The van der Waals surface area contributed by atoms with Gasteiger partial charge in [0.05, 0.1) is 5.56 Å². The molecular weight excluding hydrogens is 493 g/mol. The molecule has 2 aromatic carbocycles. The summed E-state index contributed by atoms with van der Waals surface area (Å²) in [6.45, 7) is 4.54. The maximum atomic E-state index is 13.4. The van der Waals surface area contributed by atoms with Gasteiger partial charge in [0.1, 0.15) is 17.5 Å². The molecule has 188 valence electrons. The van der Waals surface area contributed by atoms with E-state index in [1.54, 1.807) is 6.07 Å². The highest BCUT2D eigenvalue weighted by Gasteiger charge is 2.20. The first-order valence-corrected chi connectivity index (χ1v) is 11.2. The molecule has 9 heteroatoms. The van der Waals surface area contributed by atoms with Crippen LogP contribution in [0.25, 0.3) is 0 Å². The molecule has 0 atom stereocenters. The number of carbonyl (C=O) groups excluding carboxylic acids is 1. The Hall–Kier alpha value is -2.74. The van der Waals surface area contributed by atoms with Crippen LogP contribution in [0.2, 0.25) is 0 Å². The zero-order valence-corrected chi connectivity index (χ0v) is 20.9. The summed E-state index contributed by atoms with van der Waals surface area (Å²) >= 11 is 0. The minimum atomic E-state index is -0.474. The first-order valence-electron chi connectivity index (χ1n) is 11.2. The third kappa shape index (κ3) is 7.62. The standard InChI is InChI=1S/C26H28F2N4O.2ClH/c27-22-8-3-19(4-9-22)24(20-5-10-23(28)11-6-20)2-1-13-31-14-16-32(17-15-31)25-12-7-21(18-30-25)26(29)33;;/h3-12,18,24H,1-2,13-17H2,(H2,29,33);2*1H. The summed E-state index contributed by atoms with van der Waals surface area (Å²) in [5, 5.41) is 0. The summed E-state index contributed by atoms with van der Waals surface area (Å²) in [7, 11) is 0. The molecule has 0 unspecified atom stereocenters. The van der Waals surface area contributed by atoms with Gasteiger partial charge in [-0.1, -0.05) is 24.3 Å². The number of nitrogens with two attached hydrogens (primary N) is 1. The second kappa shape index (κ2) is 13.4. The average Bonchev–Trinajstić information content (AvgIpc) is 2.84. The van der Waals surface area contributed by atoms with E-state index in [9.17, 15) is 13.6 Å². The van der Waals surface area contributed by atoms with Crippen molar-refractivity contribution in [2.75, 3.05) is 37.6 Å². The lowest BCUT2D eigenvalue weighted by Crippen LogP contribution is -2.47. The Labute approximate surface area is 217 Å². The molecule has 0 radical (unpaired) electrons. The van der Waals surface area contributed by atoms with Gasteiger partial charge in [0.25, 0.3) is 0 Å². The van der Waals surface area contributed by atoms with E-state index in [0.717, 1.165) is 62.5 Å². The van der Waals surface area contributed by atoms with Crippen LogP contribution in [-0.4, -0.2) is 48.5 Å². The Bertz CT molecular complexity index is 1010. The van der Waals surface area contributed by atoms with E-state index >= 15 is 0 Å². The van der Waals surface area contributed by atoms with Crippen LogP contribution in [-0.2, 0) is 0 Å². The maximum Gasteiger partial charge on any atom is 0.250 e. The van der Waals surface area contributed by atoms with Gasteiger partial charge >= 0.3 is 0 Å². The number of piperazine rings is 1. The van der Waals surface area contributed by atoms with Gasteiger partial charge in [0.15, 0.2) is 0 Å². The monoisotopic (exact) mass is 522 g/mol. The van der Waals surface area contributed by atoms with Crippen molar-refractivity contribution in [2.45, 2.75) is 18.8 Å². The Morgan fingerprint density at radius 2 is 1.40 bits per heavy atom. The van der Waals surface area contributed by atoms with Gasteiger partial charge in [-0.05, 0) is 66.9 Å². The number of hydrogen-bond donors (Lipinski definition) is 1. The Balaban J connectivity index is 0.00000216. The largest absolute Gasteiger partial charge is 0.366 e. The summed E-state index contributed by atoms with van der Waals surface area (Å²) in [6, 6.07) is 16.7. The smallest absolute Gasteiger partial charge is 0.250 e. The third-order valence-corrected chi connectivity index (χ3v) is 6.24. The molecule has 1 aliphatic heterocycles. The third-order valence-electron chi connectivity index (χ3n) is 6.24. The van der Waals surface area contributed by atoms with Gasteiger partial charge in [-0.15, -0.1) is 24.8 Å². The van der Waals surface area contributed by atoms with Crippen LogP contribution in [0.5, 0.6) is 0 Å². The van der Waals surface area contributed by atoms with E-state index < -0.39 is 5.91 Å². The number of primary amides is 1. The minimum Gasteiger partial charge on any atom is -0.366 e. The summed E-state index contributed by atoms with van der Waals surface area (Å²) in [4.78, 5) is 20.2. The fourth-order valence-corrected chi connectivity index (χ4v) is 4.35. The molecule has 4 rings (SSSR count). The zero-order valence-electron chi connectivity index (χ0n) is 19.3. The van der Waals surface area contributed by atoms with E-state index in [1.165, 1.54) is 30.5 Å². The van der Waals surface area contributed by atoms with Gasteiger partial charge in [0.2, 0.25) is 5.91 Å². The van der Waals surface area contributed by atoms with Crippen molar-refractivity contribution in [1.29, 1.82) is 0 Å². The molecular formula is C26H30Cl2F2N4O. The fraction of sp³-hybridized carbons (Fsp3) is 0.308. The molecule has 1 amide bonds. The molecule has 3 aromatic rings. The first-order chi connectivity index (χ1) is 16.0. The minimum absolute atomic E-state index is 0. The van der Waals surface area contributed by atoms with Crippen LogP contribution in [0.15, 0.2) is 66.9 Å². The molecule has 2 N–H and O–H groups in total. The summed E-state index contributed by atoms with van der Waals surface area (Å²) in [5.41, 5.74) is 7.77. The molecule has 35 heavy (non-hydrogen) atoms. The number of hydrogen-bond acceptors (Lipinski definition) is 4. The number of benzene rings is 2. The molecule has 0 saturated carbocycles. The van der Waals surface area contributed by atoms with E-state index in [1.807, 2.05) is 30.3 Å². The van der Waals surface area contributed by atoms with Crippen LogP contribution in [0.4, 0.5) is 14.6 Å². The van der Waals surface area contributed by atoms with Crippen LogP contribution < -0.4 is 10.6 Å². The van der Waals surface area contributed by atoms with Crippen molar-refractivity contribution in [3.63, 3.8) is 0 Å². The fourth-order valence-electron chi connectivity index (χ4n) is 4.35. The van der Waals surface area contributed by atoms with Crippen LogP contribution in [0, 0.1) is 11.6 Å². The second-order valence-corrected chi connectivity index (χ2v) is 8.40. The molecule has 1 fully saturated rings. The maximum absolute atomic E-state index is 13.4. The van der Waals surface area contributed by atoms with Gasteiger partial charge < -0.3 is 10.6 Å². The Kier molecular flexibility index (Phi) is 10.9. The van der Waals surface area contributed by atoms with Crippen molar-refractivity contribution in [3.05, 3.63) is 95.2 Å². The average molecular weight is 523 g/mol. The summed E-state index contributed by atoms with van der Waals surface area (Å²) in [6.07, 6.45) is 3.40. The SMILES string of the molecule is Cl.Cl.NC(=O)c1ccc(N2CCN(CCCC(c3ccc(F)cc3)c3ccc(F)cc3)CC2)nc1. The van der Waals surface area contributed by atoms with Crippen molar-refractivity contribution in [2.24, 2.45) is 5.73 Å². The lowest BCUT2D eigenvalue weighted by molar-refractivity contribution is 0.1000. The topological polar surface area (TPSA) is 62.5 Å². The highest BCUT2D eigenvalue weighted by atomic mass is 35.5. The number of aromatic nitrogens is 1. The van der Waals surface area contributed by atoms with Crippen molar-refractivity contribution < 1.29 is 13.6 Å². The van der Waals surface area contributed by atoms with Crippen LogP contribution in [0.3, 0.4) is 0 Å². The van der Waals surface area contributed by atoms with Gasteiger partial charge in [-0.25, -0.2) is 13.8 Å². The zero-order chi connectivity index (χ0) is 23.2. The van der Waals surface area contributed by atoms with E-state index in [2.05, 4.69) is 14.8 Å². The lowest BCUT2D eigenvalue weighted by atomic mass is 9.87. The van der Waals surface area contributed by atoms with E-state index in [4.69, 9.17) is 5.73 Å². The van der Waals surface area contributed by atoms with E-state index in [-0.39, 0.29) is 42.4 Å². The number of nitrogens with zero attached hydrogens (tertiary/aromatic N) is 3. The molecule has 0 spiro atoms. The van der Waals surface area contributed by atoms with Gasteiger partial charge in [-0.3, -0.25) is 9.69 Å². The number of rotatable bonds is 8. The Morgan fingerprint density at radius 1 is 0.857 bits per heavy atom. The highest BCUT2D eigenvalue weighted by molar-refractivity contribution is 5.92. The Morgan fingerprint density at radius 3 is 1.86 bits per heavy atom. The summed E-state index contributed by atoms with van der Waals surface area (Å²) in [5.74, 6) is -0.0345. The molecule has 5 nitrogen and oxygen atoms in total. The number of pyridine rings is 1. The second-order valence-electron chi connectivity index (χ2n) is 8.40. The van der Waals surface area contributed by atoms with Crippen molar-refractivity contribution in [3.8, 4) is 0 Å². The lowest BCUT2D eigenvalue weighted by Gasteiger charge is -2.35. The van der Waals surface area contributed by atoms with Crippen molar-refractivity contribution >= 4 is 36.5 Å². The molecule has 2 heterocycles. The normalized spacial score (nSPS) is 13.7. The molecule has 0 aliphatic carbocycles. The quantitative estimate of drug-likeness (QED) is 0.450. The molecule has 1 aliphatic rings. The predicted molar refractivity (Wildman–Crippen MR) is 140 cm³/mol. The number of amides is 1. The van der Waals surface area contributed by atoms with Crippen LogP contribution in [0.1, 0.15) is 40.2 Å². The first kappa shape index (κ1) is 28.5. The molecule has 1 aromatic heterocycles. The number of anilines is 1. The highest BCUT2D eigenvalue weighted by Crippen LogP contribution is 2.30. The predicted octanol–water partition coefficient (Wildman–Crippen LogP) is 5.04. The molecule has 0 bridgehead atoms. The number of carbonyl (C=O) groups is 1. The number of halogens is 4. The van der Waals surface area contributed by atoms with Crippen LogP contribution >= 0.6 is 24.8 Å². The van der Waals surface area contributed by atoms with E-state index in [0.29, 0.717) is 5.56 Å². The van der Waals surface area contributed by atoms with Crippen molar-refractivity contribution in [1.82, 2.24) is 9.88 Å². The summed E-state index contributed by atoms with van der Waals surface area (Å²) < 4.78 is 26.8. The van der Waals surface area contributed by atoms with Gasteiger partial charge in [0, 0.05) is 38.3 Å². The van der Waals surface area contributed by atoms with Gasteiger partial charge in [-0.2, -0.15) is 0 Å².